The van der Waals surface area contributed by atoms with Gasteiger partial charge in [0.25, 0.3) is 0 Å². The highest BCUT2D eigenvalue weighted by Crippen LogP contribution is 2.29. The molecule has 1 saturated carbocycles. The molecular weight excluding hydrogens is 337 g/mol. The van der Waals surface area contributed by atoms with Crippen LogP contribution in [0.5, 0.6) is 0 Å². The fourth-order valence-corrected chi connectivity index (χ4v) is 2.45. The first-order chi connectivity index (χ1) is 8.34. The fourth-order valence-electron chi connectivity index (χ4n) is 2.45. The number of hydrogen-bond donors (Lipinski definition) is 0. The molecule has 2 aliphatic rings. The van der Waals surface area contributed by atoms with Crippen molar-refractivity contribution >= 4 is 29.9 Å². The molecule has 0 atom stereocenters. The Labute approximate surface area is 126 Å². The van der Waals surface area contributed by atoms with Crippen molar-refractivity contribution in [1.82, 2.24) is 9.80 Å². The van der Waals surface area contributed by atoms with Gasteiger partial charge < -0.3 is 9.80 Å². The lowest BCUT2D eigenvalue weighted by Crippen LogP contribution is -2.40. The molecule has 0 spiro atoms. The highest BCUT2D eigenvalue weighted by atomic mass is 127. The lowest BCUT2D eigenvalue weighted by atomic mass is 10.2. The van der Waals surface area contributed by atoms with Gasteiger partial charge in [0.2, 0.25) is 0 Å². The highest BCUT2D eigenvalue weighted by molar-refractivity contribution is 14.0. The molecule has 0 bridgehead atoms. The Morgan fingerprint density at radius 1 is 1.28 bits per heavy atom. The van der Waals surface area contributed by atoms with E-state index in [4.69, 9.17) is 0 Å². The first-order valence-corrected chi connectivity index (χ1v) is 6.41. The van der Waals surface area contributed by atoms with Crippen LogP contribution in [0.1, 0.15) is 18.4 Å². The van der Waals surface area contributed by atoms with E-state index in [9.17, 15) is 0 Å². The lowest BCUT2D eigenvalue weighted by Gasteiger charge is -2.27. The summed E-state index contributed by atoms with van der Waals surface area (Å²) in [7, 11) is 2.15. The first kappa shape index (κ1) is 13.6. The van der Waals surface area contributed by atoms with Gasteiger partial charge in [-0.05, 0) is 18.4 Å². The van der Waals surface area contributed by atoms with Crippen LogP contribution in [0, 0.1) is 0 Å². The number of nitrogens with zero attached hydrogens (tertiary/aromatic N) is 3. The van der Waals surface area contributed by atoms with Crippen molar-refractivity contribution in [2.24, 2.45) is 4.99 Å². The number of benzene rings is 1. The van der Waals surface area contributed by atoms with E-state index in [1.54, 1.807) is 0 Å². The van der Waals surface area contributed by atoms with Crippen molar-refractivity contribution in [2.45, 2.75) is 25.4 Å². The molecule has 3 nitrogen and oxygen atoms in total. The molecule has 0 radical (unpaired) electrons. The minimum atomic E-state index is 0. The van der Waals surface area contributed by atoms with Crippen LogP contribution in [-0.2, 0) is 6.54 Å². The minimum absolute atomic E-state index is 0. The zero-order valence-corrected chi connectivity index (χ0v) is 13.1. The molecule has 0 amide bonds. The number of aliphatic imine (C=N–C) groups is 1. The van der Waals surface area contributed by atoms with Crippen LogP contribution in [0.15, 0.2) is 35.3 Å². The summed E-state index contributed by atoms with van der Waals surface area (Å²) in [6.45, 7) is 3.02. The zero-order valence-electron chi connectivity index (χ0n) is 10.7. The number of rotatable bonds is 3. The highest BCUT2D eigenvalue weighted by Gasteiger charge is 2.34. The molecule has 1 aliphatic heterocycles. The Bertz CT molecular complexity index is 414. The van der Waals surface area contributed by atoms with Gasteiger partial charge in [0.1, 0.15) is 0 Å². The second-order valence-corrected chi connectivity index (χ2v) is 4.95. The molecule has 18 heavy (non-hydrogen) atoms. The Morgan fingerprint density at radius 3 is 2.67 bits per heavy atom. The fraction of sp³-hybridized carbons (Fsp3) is 0.500. The third-order valence-corrected chi connectivity index (χ3v) is 3.44. The molecule has 3 rings (SSSR count). The van der Waals surface area contributed by atoms with Crippen molar-refractivity contribution in [1.29, 1.82) is 0 Å². The molecule has 1 fully saturated rings. The molecule has 1 aromatic rings. The van der Waals surface area contributed by atoms with Gasteiger partial charge in [0.15, 0.2) is 5.96 Å². The maximum atomic E-state index is 4.64. The van der Waals surface area contributed by atoms with E-state index in [1.807, 2.05) is 0 Å². The van der Waals surface area contributed by atoms with E-state index in [1.165, 1.54) is 24.4 Å². The van der Waals surface area contributed by atoms with E-state index in [0.29, 0.717) is 0 Å². The molecule has 0 N–H and O–H groups in total. The third-order valence-electron chi connectivity index (χ3n) is 3.44. The summed E-state index contributed by atoms with van der Waals surface area (Å²) in [4.78, 5) is 9.40. The molecule has 1 aliphatic carbocycles. The Hall–Kier alpha value is -0.780. The van der Waals surface area contributed by atoms with Gasteiger partial charge in [-0.3, -0.25) is 4.99 Å². The molecule has 98 valence electrons. The van der Waals surface area contributed by atoms with Crippen molar-refractivity contribution in [2.75, 3.05) is 20.1 Å². The summed E-state index contributed by atoms with van der Waals surface area (Å²) in [6, 6.07) is 11.4. The number of guanidine groups is 1. The van der Waals surface area contributed by atoms with Gasteiger partial charge in [-0.25, -0.2) is 0 Å². The lowest BCUT2D eigenvalue weighted by molar-refractivity contribution is 0.365. The first-order valence-electron chi connectivity index (χ1n) is 6.41. The second-order valence-electron chi connectivity index (χ2n) is 4.95. The van der Waals surface area contributed by atoms with Gasteiger partial charge >= 0.3 is 0 Å². The van der Waals surface area contributed by atoms with Crippen LogP contribution < -0.4 is 0 Å². The van der Waals surface area contributed by atoms with E-state index in [2.05, 4.69) is 52.2 Å². The van der Waals surface area contributed by atoms with Crippen LogP contribution in [0.2, 0.25) is 0 Å². The van der Waals surface area contributed by atoms with Crippen molar-refractivity contribution in [3.63, 3.8) is 0 Å². The predicted octanol–water partition coefficient (Wildman–Crippen LogP) is 2.57. The summed E-state index contributed by atoms with van der Waals surface area (Å²) in [5.74, 6) is 1.19. The Balaban J connectivity index is 0.00000120. The largest absolute Gasteiger partial charge is 0.342 e. The van der Waals surface area contributed by atoms with Crippen LogP contribution in [0.25, 0.3) is 0 Å². The third kappa shape index (κ3) is 2.96. The normalized spacial score (nSPS) is 18.3. The maximum Gasteiger partial charge on any atom is 0.197 e. The quantitative estimate of drug-likeness (QED) is 0.775. The molecule has 0 saturated heterocycles. The van der Waals surface area contributed by atoms with E-state index >= 15 is 0 Å². The van der Waals surface area contributed by atoms with Crippen LogP contribution in [0.4, 0.5) is 0 Å². The Kier molecular flexibility index (Phi) is 4.48. The van der Waals surface area contributed by atoms with Gasteiger partial charge in [0, 0.05) is 26.2 Å². The van der Waals surface area contributed by atoms with Gasteiger partial charge in [-0.1, -0.05) is 30.3 Å². The SMILES string of the molecule is CN(Cc1ccccc1)C1=NCCN1C1CC1.I. The average Bonchev–Trinajstić information content (AvgIpc) is 3.08. The zero-order chi connectivity index (χ0) is 11.7. The van der Waals surface area contributed by atoms with Gasteiger partial charge in [-0.2, -0.15) is 0 Å². The van der Waals surface area contributed by atoms with Crippen molar-refractivity contribution in [3.05, 3.63) is 35.9 Å². The monoisotopic (exact) mass is 357 g/mol. The number of halogens is 1. The summed E-state index contributed by atoms with van der Waals surface area (Å²) in [5.41, 5.74) is 1.35. The van der Waals surface area contributed by atoms with Gasteiger partial charge in [0.05, 0.1) is 6.54 Å². The molecular formula is C14H20IN3. The van der Waals surface area contributed by atoms with Gasteiger partial charge in [-0.15, -0.1) is 24.0 Å². The van der Waals surface area contributed by atoms with Crippen LogP contribution >= 0.6 is 24.0 Å². The topological polar surface area (TPSA) is 18.8 Å². The summed E-state index contributed by atoms with van der Waals surface area (Å²) < 4.78 is 0. The molecule has 0 unspecified atom stereocenters. The Morgan fingerprint density at radius 2 is 2.00 bits per heavy atom. The molecule has 0 aromatic heterocycles. The average molecular weight is 357 g/mol. The second kappa shape index (κ2) is 5.91. The summed E-state index contributed by atoms with van der Waals surface area (Å²) in [6.07, 6.45) is 2.69. The predicted molar refractivity (Wildman–Crippen MR) is 85.4 cm³/mol. The summed E-state index contributed by atoms with van der Waals surface area (Å²) >= 11 is 0. The number of hydrogen-bond acceptors (Lipinski definition) is 3. The molecule has 4 heteroatoms. The smallest absolute Gasteiger partial charge is 0.197 e. The van der Waals surface area contributed by atoms with E-state index < -0.39 is 0 Å². The maximum absolute atomic E-state index is 4.64. The minimum Gasteiger partial charge on any atom is -0.342 e. The van der Waals surface area contributed by atoms with Crippen LogP contribution in [-0.4, -0.2) is 41.9 Å². The standard InChI is InChI=1S/C14H19N3.HI/c1-16(11-12-5-3-2-4-6-12)14-15-9-10-17(14)13-7-8-13;/h2-6,13H,7-11H2,1H3;1H. The summed E-state index contributed by atoms with van der Waals surface area (Å²) in [5, 5.41) is 0. The van der Waals surface area contributed by atoms with Crippen LogP contribution in [0.3, 0.4) is 0 Å². The van der Waals surface area contributed by atoms with E-state index in [-0.39, 0.29) is 24.0 Å². The molecule has 1 aromatic carbocycles. The molecule has 1 heterocycles. The van der Waals surface area contributed by atoms with E-state index in [0.717, 1.165) is 25.7 Å². The van der Waals surface area contributed by atoms with Crippen molar-refractivity contribution < 1.29 is 0 Å². The van der Waals surface area contributed by atoms with Crippen molar-refractivity contribution in [3.8, 4) is 0 Å².